The van der Waals surface area contributed by atoms with Gasteiger partial charge in [-0.2, -0.15) is 0 Å². The Morgan fingerprint density at radius 1 is 1.48 bits per heavy atom. The summed E-state index contributed by atoms with van der Waals surface area (Å²) < 4.78 is 0. The summed E-state index contributed by atoms with van der Waals surface area (Å²) in [4.78, 5) is 14.6. The van der Waals surface area contributed by atoms with Gasteiger partial charge in [-0.25, -0.2) is 0 Å². The lowest BCUT2D eigenvalue weighted by Crippen LogP contribution is -2.46. The number of piperidine rings is 1. The predicted molar refractivity (Wildman–Crippen MR) is 85.1 cm³/mol. The molecular weight excluding hydrogens is 266 g/mol. The Labute approximate surface area is 126 Å². The maximum absolute atomic E-state index is 12.4. The highest BCUT2D eigenvalue weighted by Crippen LogP contribution is 2.21. The average molecular weight is 291 g/mol. The monoisotopic (exact) mass is 291 g/mol. The maximum atomic E-state index is 12.4. The van der Waals surface area contributed by atoms with Crippen molar-refractivity contribution in [2.45, 2.75) is 32.7 Å². The molecule has 0 spiro atoms. The number of nitrogens with zero attached hydrogens (tertiary/aromatic N) is 1. The minimum atomic E-state index is -0.175. The van der Waals surface area contributed by atoms with E-state index in [4.69, 9.17) is 10.8 Å². The fourth-order valence-electron chi connectivity index (χ4n) is 2.70. The lowest BCUT2D eigenvalue weighted by Gasteiger charge is -2.34. The van der Waals surface area contributed by atoms with E-state index in [0.717, 1.165) is 37.2 Å². The molecule has 1 unspecified atom stereocenters. The summed E-state index contributed by atoms with van der Waals surface area (Å²) in [5.74, 6) is 0.374. The Morgan fingerprint density at radius 2 is 2.14 bits per heavy atom. The number of anilines is 2. The molecule has 1 atom stereocenters. The molecule has 1 aliphatic rings. The molecule has 0 radical (unpaired) electrons. The average Bonchev–Trinajstić information content (AvgIpc) is 2.50. The molecule has 2 rings (SSSR count). The number of nitrogens with one attached hydrogen (secondary N) is 1. The van der Waals surface area contributed by atoms with E-state index in [-0.39, 0.29) is 18.6 Å². The molecule has 1 aliphatic heterocycles. The zero-order valence-electron chi connectivity index (χ0n) is 12.8. The molecule has 21 heavy (non-hydrogen) atoms. The van der Waals surface area contributed by atoms with Crippen molar-refractivity contribution in [3.8, 4) is 0 Å². The molecule has 4 N–H and O–H groups in total. The van der Waals surface area contributed by atoms with Crippen LogP contribution >= 0.6 is 0 Å². The molecule has 5 heteroatoms. The fraction of sp³-hybridized carbons (Fsp3) is 0.562. The summed E-state index contributed by atoms with van der Waals surface area (Å²) in [5, 5.41) is 12.1. The Kier molecular flexibility index (Phi) is 5.20. The maximum Gasteiger partial charge on any atom is 0.241 e. The van der Waals surface area contributed by atoms with Crippen molar-refractivity contribution in [1.29, 1.82) is 0 Å². The molecule has 1 saturated heterocycles. The summed E-state index contributed by atoms with van der Waals surface area (Å²) in [6.45, 7) is 5.84. The van der Waals surface area contributed by atoms with Crippen molar-refractivity contribution in [1.82, 2.24) is 4.90 Å². The minimum absolute atomic E-state index is 0.00820. The van der Waals surface area contributed by atoms with Crippen LogP contribution in [0.3, 0.4) is 0 Å². The Balaban J connectivity index is 1.95. The number of amides is 1. The number of hydrogen-bond donors (Lipinski definition) is 3. The summed E-state index contributed by atoms with van der Waals surface area (Å²) in [6, 6.07) is 5.35. The number of carbonyl (C=O) groups is 1. The Hall–Kier alpha value is -1.59. The number of rotatable bonds is 4. The molecule has 1 amide bonds. The number of carbonyl (C=O) groups excluding carboxylic acids is 1. The van der Waals surface area contributed by atoms with Crippen molar-refractivity contribution in [3.63, 3.8) is 0 Å². The van der Waals surface area contributed by atoms with Gasteiger partial charge in [0, 0.05) is 18.0 Å². The van der Waals surface area contributed by atoms with E-state index < -0.39 is 0 Å². The Morgan fingerprint density at radius 3 is 2.76 bits per heavy atom. The van der Waals surface area contributed by atoms with E-state index >= 15 is 0 Å². The molecule has 116 valence electrons. The number of likely N-dealkylation sites (tertiary alicyclic amines) is 1. The third-order valence-corrected chi connectivity index (χ3v) is 4.35. The van der Waals surface area contributed by atoms with Gasteiger partial charge in [-0.05, 0) is 63.4 Å². The van der Waals surface area contributed by atoms with E-state index in [9.17, 15) is 4.79 Å². The zero-order valence-corrected chi connectivity index (χ0v) is 12.8. The van der Waals surface area contributed by atoms with Crippen molar-refractivity contribution >= 4 is 17.3 Å². The molecule has 1 heterocycles. The number of nitrogen functional groups attached to an aromatic ring is 1. The molecule has 1 fully saturated rings. The molecule has 0 aromatic heterocycles. The first kappa shape index (κ1) is 15.8. The van der Waals surface area contributed by atoms with E-state index in [1.807, 2.05) is 26.0 Å². The summed E-state index contributed by atoms with van der Waals surface area (Å²) in [6.07, 6.45) is 1.90. The van der Waals surface area contributed by atoms with Gasteiger partial charge in [0.1, 0.15) is 0 Å². The van der Waals surface area contributed by atoms with Gasteiger partial charge in [0.2, 0.25) is 5.91 Å². The van der Waals surface area contributed by atoms with Crippen LogP contribution < -0.4 is 11.1 Å². The third-order valence-electron chi connectivity index (χ3n) is 4.35. The molecule has 0 aliphatic carbocycles. The second kappa shape index (κ2) is 6.91. The Bertz CT molecular complexity index is 496. The van der Waals surface area contributed by atoms with Gasteiger partial charge in [0.15, 0.2) is 0 Å². The highest BCUT2D eigenvalue weighted by atomic mass is 16.3. The predicted octanol–water partition coefficient (Wildman–Crippen LogP) is 1.61. The van der Waals surface area contributed by atoms with Crippen molar-refractivity contribution < 1.29 is 9.90 Å². The highest BCUT2D eigenvalue weighted by molar-refractivity contribution is 5.95. The normalized spacial score (nSPS) is 18.4. The molecule has 1 aromatic rings. The van der Waals surface area contributed by atoms with Crippen LogP contribution in [0, 0.1) is 12.8 Å². The molecule has 0 saturated carbocycles. The standard InChI is InChI=1S/C16H25N3O2/c1-11-3-4-14(17)9-15(11)18-16(21)12(2)19-7-5-13(10-20)6-8-19/h3-4,9,12-13,20H,5-8,10,17H2,1-2H3,(H,18,21). The van der Waals surface area contributed by atoms with Gasteiger partial charge in [0.05, 0.1) is 6.04 Å². The van der Waals surface area contributed by atoms with Crippen LogP contribution in [0.25, 0.3) is 0 Å². The van der Waals surface area contributed by atoms with Crippen LogP contribution in [0.1, 0.15) is 25.3 Å². The van der Waals surface area contributed by atoms with Gasteiger partial charge in [0.25, 0.3) is 0 Å². The van der Waals surface area contributed by atoms with Crippen LogP contribution in [0.4, 0.5) is 11.4 Å². The molecule has 5 nitrogen and oxygen atoms in total. The SMILES string of the molecule is Cc1ccc(N)cc1NC(=O)C(C)N1CCC(CO)CC1. The minimum Gasteiger partial charge on any atom is -0.399 e. The second-order valence-electron chi connectivity index (χ2n) is 5.90. The van der Waals surface area contributed by atoms with E-state index in [1.54, 1.807) is 6.07 Å². The fourth-order valence-corrected chi connectivity index (χ4v) is 2.70. The molecule has 1 aromatic carbocycles. The second-order valence-corrected chi connectivity index (χ2v) is 5.90. The van der Waals surface area contributed by atoms with Gasteiger partial charge < -0.3 is 16.2 Å². The summed E-state index contributed by atoms with van der Waals surface area (Å²) >= 11 is 0. The molecular formula is C16H25N3O2. The number of aliphatic hydroxyl groups excluding tert-OH is 1. The largest absolute Gasteiger partial charge is 0.399 e. The van der Waals surface area contributed by atoms with E-state index in [2.05, 4.69) is 10.2 Å². The first-order valence-electron chi connectivity index (χ1n) is 7.53. The highest BCUT2D eigenvalue weighted by Gasteiger charge is 2.26. The lowest BCUT2D eigenvalue weighted by atomic mass is 9.97. The van der Waals surface area contributed by atoms with Crippen LogP contribution in [-0.4, -0.2) is 41.7 Å². The number of aryl methyl sites for hydroxylation is 1. The van der Waals surface area contributed by atoms with Crippen LogP contribution in [0.5, 0.6) is 0 Å². The third kappa shape index (κ3) is 3.95. The van der Waals surface area contributed by atoms with Gasteiger partial charge >= 0.3 is 0 Å². The van der Waals surface area contributed by atoms with Gasteiger partial charge in [-0.15, -0.1) is 0 Å². The smallest absolute Gasteiger partial charge is 0.241 e. The van der Waals surface area contributed by atoms with Gasteiger partial charge in [-0.1, -0.05) is 6.07 Å². The molecule has 0 bridgehead atoms. The first-order valence-corrected chi connectivity index (χ1v) is 7.53. The van der Waals surface area contributed by atoms with E-state index in [0.29, 0.717) is 11.6 Å². The number of benzene rings is 1. The van der Waals surface area contributed by atoms with E-state index in [1.165, 1.54) is 0 Å². The first-order chi connectivity index (χ1) is 10.0. The lowest BCUT2D eigenvalue weighted by molar-refractivity contribution is -0.121. The zero-order chi connectivity index (χ0) is 15.4. The van der Waals surface area contributed by atoms with Crippen LogP contribution in [0.2, 0.25) is 0 Å². The number of aliphatic hydroxyl groups is 1. The number of nitrogens with two attached hydrogens (primary N) is 1. The van der Waals surface area contributed by atoms with Crippen LogP contribution in [0.15, 0.2) is 18.2 Å². The number of hydrogen-bond acceptors (Lipinski definition) is 4. The summed E-state index contributed by atoms with van der Waals surface area (Å²) in [7, 11) is 0. The van der Waals surface area contributed by atoms with Crippen molar-refractivity contribution in [2.75, 3.05) is 30.7 Å². The van der Waals surface area contributed by atoms with Crippen molar-refractivity contribution in [3.05, 3.63) is 23.8 Å². The summed E-state index contributed by atoms with van der Waals surface area (Å²) in [5.41, 5.74) is 8.19. The van der Waals surface area contributed by atoms with Gasteiger partial charge in [-0.3, -0.25) is 9.69 Å². The topological polar surface area (TPSA) is 78.6 Å². The van der Waals surface area contributed by atoms with Crippen molar-refractivity contribution in [2.24, 2.45) is 5.92 Å². The quantitative estimate of drug-likeness (QED) is 0.736. The van der Waals surface area contributed by atoms with Crippen LogP contribution in [-0.2, 0) is 4.79 Å².